The van der Waals surface area contributed by atoms with Gasteiger partial charge in [0, 0.05) is 12.1 Å². The van der Waals surface area contributed by atoms with Crippen LogP contribution >= 0.6 is 0 Å². The number of nitrogens with one attached hydrogen (secondary N) is 1. The summed E-state index contributed by atoms with van der Waals surface area (Å²) in [6, 6.07) is 16.7. The van der Waals surface area contributed by atoms with Crippen molar-refractivity contribution < 1.29 is 17.9 Å². The largest absolute Gasteiger partial charge is 0.457 e. The molecule has 0 aromatic heterocycles. The molecule has 0 saturated carbocycles. The fourth-order valence-corrected chi connectivity index (χ4v) is 3.74. The zero-order chi connectivity index (χ0) is 18.8. The highest BCUT2D eigenvalue weighted by Gasteiger charge is 2.16. The molecule has 5 nitrogen and oxygen atoms in total. The molecule has 0 radical (unpaired) electrons. The zero-order valence-corrected chi connectivity index (χ0v) is 15.8. The average molecular weight is 375 g/mol. The lowest BCUT2D eigenvalue weighted by Gasteiger charge is -2.12. The number of unbranched alkanes of at least 4 members (excludes halogenated alkanes) is 2. The number of carbonyl (C=O) groups excluding carboxylic acids is 1. The van der Waals surface area contributed by atoms with Crippen molar-refractivity contribution in [2.45, 2.75) is 32.7 Å². The first-order valence-corrected chi connectivity index (χ1v) is 10.6. The van der Waals surface area contributed by atoms with Gasteiger partial charge in [-0.2, -0.15) is 0 Å². The number of hydrogen-bond acceptors (Lipinski definition) is 4. The summed E-state index contributed by atoms with van der Waals surface area (Å²) in [5, 5.41) is 2.67. The Labute approximate surface area is 155 Å². The molecule has 26 heavy (non-hydrogen) atoms. The van der Waals surface area contributed by atoms with E-state index in [1.54, 1.807) is 0 Å². The number of ether oxygens (including phenoxy) is 1. The maximum Gasteiger partial charge on any atom is 0.235 e. The molecule has 0 bridgehead atoms. The maximum absolute atomic E-state index is 12.0. The Bertz CT molecular complexity index is 804. The van der Waals surface area contributed by atoms with Crippen LogP contribution in [0, 0.1) is 0 Å². The quantitative estimate of drug-likeness (QED) is 0.643. The van der Waals surface area contributed by atoms with Crippen molar-refractivity contribution in [3.63, 3.8) is 0 Å². The molecule has 0 saturated heterocycles. The first-order valence-electron chi connectivity index (χ1n) is 8.78. The minimum Gasteiger partial charge on any atom is -0.457 e. The van der Waals surface area contributed by atoms with Crippen molar-refractivity contribution in [3.05, 3.63) is 60.2 Å². The van der Waals surface area contributed by atoms with E-state index in [0.717, 1.165) is 18.4 Å². The van der Waals surface area contributed by atoms with Crippen LogP contribution in [0.4, 0.5) is 0 Å². The summed E-state index contributed by atoms with van der Waals surface area (Å²) in [7, 11) is -3.36. The molecule has 1 N–H and O–H groups in total. The summed E-state index contributed by atoms with van der Waals surface area (Å²) in [5.41, 5.74) is 0.785. The summed E-state index contributed by atoms with van der Waals surface area (Å²) in [6.07, 6.45) is 2.39. The SMILES string of the molecule is CCCCCS(=O)(=O)CC(=O)NCc1ccccc1Oc1ccccc1. The molecular formula is C20H25NO4S. The molecule has 2 aromatic rings. The molecule has 0 heterocycles. The number of hydrogen-bond donors (Lipinski definition) is 1. The van der Waals surface area contributed by atoms with Crippen molar-refractivity contribution in [2.24, 2.45) is 0 Å². The van der Waals surface area contributed by atoms with Crippen molar-refractivity contribution in [1.82, 2.24) is 5.32 Å². The lowest BCUT2D eigenvalue weighted by atomic mass is 10.2. The van der Waals surface area contributed by atoms with Gasteiger partial charge < -0.3 is 10.1 Å². The van der Waals surface area contributed by atoms with Crippen molar-refractivity contribution in [1.29, 1.82) is 0 Å². The van der Waals surface area contributed by atoms with Gasteiger partial charge in [-0.1, -0.05) is 56.2 Å². The Morgan fingerprint density at radius 2 is 1.69 bits per heavy atom. The fourth-order valence-electron chi connectivity index (χ4n) is 2.45. The Kier molecular flexibility index (Phi) is 7.66. The van der Waals surface area contributed by atoms with E-state index < -0.39 is 21.5 Å². The number of rotatable bonds is 10. The molecule has 6 heteroatoms. The summed E-state index contributed by atoms with van der Waals surface area (Å²) in [6.45, 7) is 2.22. The van der Waals surface area contributed by atoms with Crippen LogP contribution in [0.1, 0.15) is 31.7 Å². The van der Waals surface area contributed by atoms with Gasteiger partial charge in [0.1, 0.15) is 17.3 Å². The third-order valence-electron chi connectivity index (χ3n) is 3.83. The van der Waals surface area contributed by atoms with Crippen LogP contribution in [0.15, 0.2) is 54.6 Å². The van der Waals surface area contributed by atoms with Crippen LogP contribution in [0.5, 0.6) is 11.5 Å². The number of sulfone groups is 1. The number of amides is 1. The van der Waals surface area contributed by atoms with Gasteiger partial charge in [-0.15, -0.1) is 0 Å². The Morgan fingerprint density at radius 1 is 1.00 bits per heavy atom. The van der Waals surface area contributed by atoms with Gasteiger partial charge in [0.2, 0.25) is 5.91 Å². The summed E-state index contributed by atoms with van der Waals surface area (Å²) in [4.78, 5) is 12.0. The zero-order valence-electron chi connectivity index (χ0n) is 15.0. The molecule has 0 spiro atoms. The second kappa shape index (κ2) is 9.97. The van der Waals surface area contributed by atoms with E-state index in [-0.39, 0.29) is 12.3 Å². The highest BCUT2D eigenvalue weighted by molar-refractivity contribution is 7.92. The van der Waals surface area contributed by atoms with E-state index in [1.165, 1.54) is 0 Å². The first kappa shape index (κ1) is 20.0. The number of para-hydroxylation sites is 2. The van der Waals surface area contributed by atoms with E-state index in [4.69, 9.17) is 4.74 Å². The molecule has 0 fully saturated rings. The van der Waals surface area contributed by atoms with Crippen LogP contribution < -0.4 is 10.1 Å². The molecule has 1 amide bonds. The average Bonchev–Trinajstić information content (AvgIpc) is 2.61. The highest BCUT2D eigenvalue weighted by atomic mass is 32.2. The summed E-state index contributed by atoms with van der Waals surface area (Å²) in [5.74, 6) is 0.422. The minimum atomic E-state index is -3.36. The predicted molar refractivity (Wildman–Crippen MR) is 103 cm³/mol. The van der Waals surface area contributed by atoms with Gasteiger partial charge in [-0.25, -0.2) is 8.42 Å². The second-order valence-electron chi connectivity index (χ2n) is 6.10. The smallest absolute Gasteiger partial charge is 0.235 e. The third-order valence-corrected chi connectivity index (χ3v) is 5.44. The van der Waals surface area contributed by atoms with Gasteiger partial charge in [-0.3, -0.25) is 4.79 Å². The Morgan fingerprint density at radius 3 is 2.42 bits per heavy atom. The van der Waals surface area contributed by atoms with Gasteiger partial charge in [-0.05, 0) is 24.6 Å². The van der Waals surface area contributed by atoms with Crippen LogP contribution in [0.3, 0.4) is 0 Å². The van der Waals surface area contributed by atoms with Gasteiger partial charge >= 0.3 is 0 Å². The van der Waals surface area contributed by atoms with Gasteiger partial charge in [0.05, 0.1) is 5.75 Å². The molecule has 140 valence electrons. The van der Waals surface area contributed by atoms with E-state index in [0.29, 0.717) is 17.9 Å². The van der Waals surface area contributed by atoms with E-state index in [9.17, 15) is 13.2 Å². The minimum absolute atomic E-state index is 0.0575. The monoisotopic (exact) mass is 375 g/mol. The van der Waals surface area contributed by atoms with Crippen LogP contribution in [0.2, 0.25) is 0 Å². The Hall–Kier alpha value is -2.34. The van der Waals surface area contributed by atoms with Crippen LogP contribution in [-0.4, -0.2) is 25.8 Å². The number of benzene rings is 2. The molecule has 0 atom stereocenters. The van der Waals surface area contributed by atoms with Crippen LogP contribution in [-0.2, 0) is 21.2 Å². The first-order chi connectivity index (χ1) is 12.5. The lowest BCUT2D eigenvalue weighted by Crippen LogP contribution is -2.31. The lowest BCUT2D eigenvalue weighted by molar-refractivity contribution is -0.118. The topological polar surface area (TPSA) is 72.5 Å². The molecule has 2 aromatic carbocycles. The molecule has 0 aliphatic carbocycles. The summed E-state index contributed by atoms with van der Waals surface area (Å²) >= 11 is 0. The second-order valence-corrected chi connectivity index (χ2v) is 8.28. The van der Waals surface area contributed by atoms with Gasteiger partial charge in [0.25, 0.3) is 0 Å². The van der Waals surface area contributed by atoms with Crippen LogP contribution in [0.25, 0.3) is 0 Å². The molecule has 0 unspecified atom stereocenters. The molecule has 0 aliphatic heterocycles. The molecule has 0 aliphatic rings. The summed E-state index contributed by atoms with van der Waals surface area (Å²) < 4.78 is 29.7. The van der Waals surface area contributed by atoms with Crippen molar-refractivity contribution >= 4 is 15.7 Å². The highest BCUT2D eigenvalue weighted by Crippen LogP contribution is 2.24. The predicted octanol–water partition coefficient (Wildman–Crippen LogP) is 3.70. The van der Waals surface area contributed by atoms with Crippen molar-refractivity contribution in [2.75, 3.05) is 11.5 Å². The Balaban J connectivity index is 1.92. The maximum atomic E-state index is 12.0. The normalized spacial score (nSPS) is 11.1. The van der Waals surface area contributed by atoms with E-state index >= 15 is 0 Å². The standard InChI is InChI=1S/C20H25NO4S/c1-2-3-9-14-26(23,24)16-20(22)21-15-17-10-7-8-13-19(17)25-18-11-5-4-6-12-18/h4-8,10-13H,2-3,9,14-16H2,1H3,(H,21,22). The van der Waals surface area contributed by atoms with E-state index in [2.05, 4.69) is 5.32 Å². The molecule has 2 rings (SSSR count). The fraction of sp³-hybridized carbons (Fsp3) is 0.350. The third kappa shape index (κ3) is 6.88. The molecular weight excluding hydrogens is 350 g/mol. The van der Waals surface area contributed by atoms with Crippen molar-refractivity contribution in [3.8, 4) is 11.5 Å². The van der Waals surface area contributed by atoms with Gasteiger partial charge in [0.15, 0.2) is 9.84 Å². The van der Waals surface area contributed by atoms with E-state index in [1.807, 2.05) is 61.5 Å². The number of carbonyl (C=O) groups is 1.